The van der Waals surface area contributed by atoms with Crippen LogP contribution in [-0.2, 0) is 4.74 Å². The van der Waals surface area contributed by atoms with Crippen molar-refractivity contribution in [2.75, 3.05) is 25.6 Å². The Morgan fingerprint density at radius 3 is 3.06 bits per heavy atom. The number of halogens is 2. The molecule has 1 saturated heterocycles. The molecule has 0 saturated carbocycles. The van der Waals surface area contributed by atoms with E-state index in [2.05, 4.69) is 15.9 Å². The smallest absolute Gasteiger partial charge is 0.254 e. The van der Waals surface area contributed by atoms with Gasteiger partial charge < -0.3 is 9.64 Å². The fourth-order valence-electron chi connectivity index (χ4n) is 2.03. The molecule has 1 fully saturated rings. The molecular formula is C13H15BrClNO2. The number of morpholine rings is 1. The van der Waals surface area contributed by atoms with Gasteiger partial charge in [0.25, 0.3) is 5.91 Å². The molecule has 1 aliphatic heterocycles. The average molecular weight is 333 g/mol. The van der Waals surface area contributed by atoms with Crippen LogP contribution < -0.4 is 0 Å². The van der Waals surface area contributed by atoms with Gasteiger partial charge in [-0.25, -0.2) is 0 Å². The van der Waals surface area contributed by atoms with E-state index < -0.39 is 0 Å². The van der Waals surface area contributed by atoms with Crippen molar-refractivity contribution >= 4 is 33.4 Å². The number of ether oxygens (including phenoxy) is 1. The lowest BCUT2D eigenvalue weighted by Gasteiger charge is -2.32. The van der Waals surface area contributed by atoms with Crippen molar-refractivity contribution in [1.29, 1.82) is 0 Å². The molecule has 1 aliphatic rings. The van der Waals surface area contributed by atoms with E-state index >= 15 is 0 Å². The monoisotopic (exact) mass is 331 g/mol. The molecule has 1 atom stereocenters. The zero-order valence-electron chi connectivity index (χ0n) is 10.2. The van der Waals surface area contributed by atoms with Crippen LogP contribution in [-0.4, -0.2) is 42.5 Å². The van der Waals surface area contributed by atoms with Crippen LogP contribution in [0.15, 0.2) is 22.7 Å². The van der Waals surface area contributed by atoms with Gasteiger partial charge in [0.15, 0.2) is 0 Å². The summed E-state index contributed by atoms with van der Waals surface area (Å²) in [6.45, 7) is 3.69. The van der Waals surface area contributed by atoms with Crippen LogP contribution in [0, 0.1) is 6.92 Å². The quantitative estimate of drug-likeness (QED) is 0.780. The van der Waals surface area contributed by atoms with Gasteiger partial charge in [0.05, 0.1) is 18.6 Å². The molecule has 0 aromatic heterocycles. The van der Waals surface area contributed by atoms with Crippen molar-refractivity contribution in [3.63, 3.8) is 0 Å². The van der Waals surface area contributed by atoms with Crippen molar-refractivity contribution in [3.05, 3.63) is 33.8 Å². The van der Waals surface area contributed by atoms with Gasteiger partial charge in [0, 0.05) is 23.1 Å². The maximum Gasteiger partial charge on any atom is 0.254 e. The molecule has 1 unspecified atom stereocenters. The zero-order valence-corrected chi connectivity index (χ0v) is 12.5. The van der Waals surface area contributed by atoms with Crippen LogP contribution in [0.2, 0.25) is 0 Å². The number of hydrogen-bond acceptors (Lipinski definition) is 2. The van der Waals surface area contributed by atoms with E-state index in [0.29, 0.717) is 25.6 Å². The second kappa shape index (κ2) is 6.04. The number of amides is 1. The van der Waals surface area contributed by atoms with Crippen LogP contribution in [0.5, 0.6) is 0 Å². The SMILES string of the molecule is Cc1cc(Br)ccc1C(=O)N1CCOC(CCl)C1. The van der Waals surface area contributed by atoms with Gasteiger partial charge in [0.2, 0.25) is 0 Å². The third-order valence-electron chi connectivity index (χ3n) is 3.02. The number of nitrogens with zero attached hydrogens (tertiary/aromatic N) is 1. The molecule has 0 N–H and O–H groups in total. The van der Waals surface area contributed by atoms with E-state index in [1.54, 1.807) is 0 Å². The van der Waals surface area contributed by atoms with Crippen molar-refractivity contribution < 1.29 is 9.53 Å². The molecule has 1 aromatic carbocycles. The number of benzene rings is 1. The maximum atomic E-state index is 12.4. The third-order valence-corrected chi connectivity index (χ3v) is 3.85. The van der Waals surface area contributed by atoms with Crippen molar-refractivity contribution in [3.8, 4) is 0 Å². The molecular weight excluding hydrogens is 318 g/mol. The highest BCUT2D eigenvalue weighted by atomic mass is 79.9. The molecule has 1 heterocycles. The summed E-state index contributed by atoms with van der Waals surface area (Å²) in [5, 5.41) is 0. The Balaban J connectivity index is 2.15. The number of aryl methyl sites for hydroxylation is 1. The minimum absolute atomic E-state index is 0.0541. The molecule has 0 bridgehead atoms. The first-order valence-electron chi connectivity index (χ1n) is 5.85. The Morgan fingerprint density at radius 1 is 1.61 bits per heavy atom. The fraction of sp³-hybridized carbons (Fsp3) is 0.462. The number of rotatable bonds is 2. The Morgan fingerprint density at radius 2 is 2.39 bits per heavy atom. The van der Waals surface area contributed by atoms with Gasteiger partial charge in [-0.05, 0) is 30.7 Å². The van der Waals surface area contributed by atoms with Gasteiger partial charge in [-0.1, -0.05) is 15.9 Å². The van der Waals surface area contributed by atoms with Gasteiger partial charge in [-0.3, -0.25) is 4.79 Å². The molecule has 0 radical (unpaired) electrons. The van der Waals surface area contributed by atoms with Crippen molar-refractivity contribution in [2.45, 2.75) is 13.0 Å². The largest absolute Gasteiger partial charge is 0.373 e. The lowest BCUT2D eigenvalue weighted by molar-refractivity contribution is -0.0108. The molecule has 1 aromatic rings. The van der Waals surface area contributed by atoms with Crippen LogP contribution in [0.25, 0.3) is 0 Å². The first-order valence-corrected chi connectivity index (χ1v) is 7.17. The first-order chi connectivity index (χ1) is 8.61. The minimum atomic E-state index is -0.0554. The summed E-state index contributed by atoms with van der Waals surface area (Å²) >= 11 is 9.18. The number of carbonyl (C=O) groups excluding carboxylic acids is 1. The molecule has 18 heavy (non-hydrogen) atoms. The Labute approximate surface area is 120 Å². The first kappa shape index (κ1) is 13.8. The van der Waals surface area contributed by atoms with Gasteiger partial charge in [-0.2, -0.15) is 0 Å². The summed E-state index contributed by atoms with van der Waals surface area (Å²) in [4.78, 5) is 14.2. The van der Waals surface area contributed by atoms with Crippen LogP contribution >= 0.6 is 27.5 Å². The summed E-state index contributed by atoms with van der Waals surface area (Å²) in [5.74, 6) is 0.474. The van der Waals surface area contributed by atoms with E-state index in [1.807, 2.05) is 30.0 Å². The zero-order chi connectivity index (χ0) is 13.1. The van der Waals surface area contributed by atoms with E-state index in [-0.39, 0.29) is 12.0 Å². The highest BCUT2D eigenvalue weighted by molar-refractivity contribution is 9.10. The third kappa shape index (κ3) is 3.05. The minimum Gasteiger partial charge on any atom is -0.373 e. The number of alkyl halides is 1. The van der Waals surface area contributed by atoms with E-state index in [1.165, 1.54) is 0 Å². The Bertz CT molecular complexity index is 453. The molecule has 2 rings (SSSR count). The molecule has 98 valence electrons. The average Bonchev–Trinajstić information content (AvgIpc) is 2.38. The standard InChI is InChI=1S/C13H15BrClNO2/c1-9-6-10(14)2-3-12(9)13(17)16-4-5-18-11(7-15)8-16/h2-3,6,11H,4-5,7-8H2,1H3. The topological polar surface area (TPSA) is 29.5 Å². The summed E-state index contributed by atoms with van der Waals surface area (Å²) in [7, 11) is 0. The number of hydrogen-bond donors (Lipinski definition) is 0. The van der Waals surface area contributed by atoms with Crippen molar-refractivity contribution in [2.24, 2.45) is 0 Å². The highest BCUT2D eigenvalue weighted by Crippen LogP contribution is 2.19. The van der Waals surface area contributed by atoms with Gasteiger partial charge >= 0.3 is 0 Å². The summed E-state index contributed by atoms with van der Waals surface area (Å²) < 4.78 is 6.44. The predicted molar refractivity (Wildman–Crippen MR) is 75.2 cm³/mol. The molecule has 5 heteroatoms. The summed E-state index contributed by atoms with van der Waals surface area (Å²) in [5.41, 5.74) is 1.72. The summed E-state index contributed by atoms with van der Waals surface area (Å²) in [6.07, 6.45) is -0.0554. The summed E-state index contributed by atoms with van der Waals surface area (Å²) in [6, 6.07) is 5.69. The van der Waals surface area contributed by atoms with E-state index in [0.717, 1.165) is 15.6 Å². The maximum absolute atomic E-state index is 12.4. The lowest BCUT2D eigenvalue weighted by Crippen LogP contribution is -2.46. The Kier molecular flexibility index (Phi) is 4.65. The van der Waals surface area contributed by atoms with Crippen LogP contribution in [0.3, 0.4) is 0 Å². The molecule has 0 aliphatic carbocycles. The van der Waals surface area contributed by atoms with Crippen LogP contribution in [0.4, 0.5) is 0 Å². The second-order valence-electron chi connectivity index (χ2n) is 4.36. The Hall–Kier alpha value is -0.580. The lowest BCUT2D eigenvalue weighted by atomic mass is 10.1. The van der Waals surface area contributed by atoms with Gasteiger partial charge in [0.1, 0.15) is 0 Å². The second-order valence-corrected chi connectivity index (χ2v) is 5.58. The molecule has 3 nitrogen and oxygen atoms in total. The highest BCUT2D eigenvalue weighted by Gasteiger charge is 2.25. The van der Waals surface area contributed by atoms with Crippen LogP contribution in [0.1, 0.15) is 15.9 Å². The predicted octanol–water partition coefficient (Wildman–Crippen LogP) is 2.84. The van der Waals surface area contributed by atoms with E-state index in [9.17, 15) is 4.79 Å². The van der Waals surface area contributed by atoms with Crippen molar-refractivity contribution in [1.82, 2.24) is 4.90 Å². The molecule has 0 spiro atoms. The number of carbonyl (C=O) groups is 1. The van der Waals surface area contributed by atoms with Gasteiger partial charge in [-0.15, -0.1) is 11.6 Å². The normalized spacial score (nSPS) is 19.9. The fourth-order valence-corrected chi connectivity index (χ4v) is 2.70. The van der Waals surface area contributed by atoms with E-state index in [4.69, 9.17) is 16.3 Å². The molecule has 1 amide bonds.